The molecule has 1 spiro atoms. The number of benzene rings is 1. The minimum absolute atomic E-state index is 0.0590. The highest BCUT2D eigenvalue weighted by Gasteiger charge is 2.44. The molecule has 130 valence electrons. The monoisotopic (exact) mass is 325 g/mol. The normalized spacial score (nSPS) is 33.0. The van der Waals surface area contributed by atoms with Gasteiger partial charge in [0.2, 0.25) is 0 Å². The van der Waals surface area contributed by atoms with Crippen LogP contribution in [0.1, 0.15) is 76.8 Å². The van der Waals surface area contributed by atoms with Gasteiger partial charge in [0, 0.05) is 0 Å². The standard InChI is InChI=1S/C22H31NO/c1-21(2,3)19-10-8-17(9-11-19)20-15-22(24-23-20)13-12-16-6-4-5-7-18(16)14-22/h8-11,15-16,18,23H,4-7,12-14H2,1-3H3. The highest BCUT2D eigenvalue weighted by molar-refractivity contribution is 5.66. The van der Waals surface area contributed by atoms with Crippen molar-refractivity contribution in [1.29, 1.82) is 0 Å². The fraction of sp³-hybridized carbons (Fsp3) is 0.636. The van der Waals surface area contributed by atoms with E-state index in [0.29, 0.717) is 0 Å². The number of hydrogen-bond acceptors (Lipinski definition) is 2. The zero-order valence-electron chi connectivity index (χ0n) is 15.4. The smallest absolute Gasteiger partial charge is 0.117 e. The molecule has 1 aliphatic heterocycles. The minimum Gasteiger partial charge on any atom is -0.266 e. The average Bonchev–Trinajstić information content (AvgIpc) is 2.98. The number of rotatable bonds is 1. The molecule has 2 heteroatoms. The molecule has 4 rings (SSSR count). The summed E-state index contributed by atoms with van der Waals surface area (Å²) in [5.41, 5.74) is 7.17. The average molecular weight is 325 g/mol. The second-order valence-corrected chi connectivity index (χ2v) is 9.20. The van der Waals surface area contributed by atoms with Crippen molar-refractivity contribution in [3.05, 3.63) is 41.5 Å². The van der Waals surface area contributed by atoms with Gasteiger partial charge in [-0.05, 0) is 53.7 Å². The van der Waals surface area contributed by atoms with Gasteiger partial charge in [-0.15, -0.1) is 0 Å². The van der Waals surface area contributed by atoms with Crippen molar-refractivity contribution in [3.63, 3.8) is 0 Å². The second-order valence-electron chi connectivity index (χ2n) is 9.20. The van der Waals surface area contributed by atoms with Crippen molar-refractivity contribution in [2.45, 2.75) is 76.7 Å². The van der Waals surface area contributed by atoms with Crippen LogP contribution >= 0.6 is 0 Å². The molecule has 24 heavy (non-hydrogen) atoms. The third-order valence-corrected chi connectivity index (χ3v) is 6.45. The maximum Gasteiger partial charge on any atom is 0.117 e. The summed E-state index contributed by atoms with van der Waals surface area (Å²) < 4.78 is 0. The zero-order valence-corrected chi connectivity index (χ0v) is 15.4. The van der Waals surface area contributed by atoms with Crippen LogP contribution in [0.5, 0.6) is 0 Å². The van der Waals surface area contributed by atoms with Crippen molar-refractivity contribution in [2.75, 3.05) is 0 Å². The quantitative estimate of drug-likeness (QED) is 0.727. The molecule has 1 N–H and O–H groups in total. The molecule has 2 aliphatic carbocycles. The molecule has 2 saturated carbocycles. The van der Waals surface area contributed by atoms with Crippen molar-refractivity contribution < 1.29 is 4.84 Å². The lowest BCUT2D eigenvalue weighted by Crippen LogP contribution is -2.40. The summed E-state index contributed by atoms with van der Waals surface area (Å²) >= 11 is 0. The molecule has 0 saturated heterocycles. The van der Waals surface area contributed by atoms with E-state index in [1.165, 1.54) is 56.1 Å². The van der Waals surface area contributed by atoms with Gasteiger partial charge in [0.25, 0.3) is 0 Å². The number of hydroxylamine groups is 1. The Morgan fingerprint density at radius 2 is 1.71 bits per heavy atom. The van der Waals surface area contributed by atoms with E-state index < -0.39 is 0 Å². The van der Waals surface area contributed by atoms with E-state index in [-0.39, 0.29) is 11.0 Å². The van der Waals surface area contributed by atoms with E-state index in [9.17, 15) is 0 Å². The fourth-order valence-corrected chi connectivity index (χ4v) is 4.90. The van der Waals surface area contributed by atoms with Crippen LogP contribution in [0.3, 0.4) is 0 Å². The lowest BCUT2D eigenvalue weighted by atomic mass is 9.66. The Morgan fingerprint density at radius 3 is 2.42 bits per heavy atom. The van der Waals surface area contributed by atoms with Crippen molar-refractivity contribution >= 4 is 5.70 Å². The fourth-order valence-electron chi connectivity index (χ4n) is 4.90. The van der Waals surface area contributed by atoms with Crippen LogP contribution in [-0.4, -0.2) is 5.60 Å². The minimum atomic E-state index is -0.0590. The van der Waals surface area contributed by atoms with Crippen LogP contribution in [0, 0.1) is 11.8 Å². The molecule has 0 amide bonds. The van der Waals surface area contributed by atoms with Gasteiger partial charge in [-0.3, -0.25) is 10.3 Å². The maximum atomic E-state index is 6.15. The lowest BCUT2D eigenvalue weighted by molar-refractivity contribution is -0.0849. The van der Waals surface area contributed by atoms with Crippen molar-refractivity contribution in [3.8, 4) is 0 Å². The van der Waals surface area contributed by atoms with Crippen molar-refractivity contribution in [2.24, 2.45) is 11.8 Å². The van der Waals surface area contributed by atoms with Crippen LogP contribution in [0.25, 0.3) is 5.70 Å². The largest absolute Gasteiger partial charge is 0.266 e. The third-order valence-electron chi connectivity index (χ3n) is 6.45. The Labute approximate surface area is 146 Å². The molecule has 3 atom stereocenters. The van der Waals surface area contributed by atoms with Gasteiger partial charge in [0.1, 0.15) is 5.60 Å². The molecule has 3 unspecified atom stereocenters. The number of nitrogens with one attached hydrogen (secondary N) is 1. The van der Waals surface area contributed by atoms with Crippen LogP contribution < -0.4 is 5.48 Å². The van der Waals surface area contributed by atoms with Crippen LogP contribution in [0.15, 0.2) is 30.3 Å². The predicted molar refractivity (Wildman–Crippen MR) is 99.4 cm³/mol. The predicted octanol–water partition coefficient (Wildman–Crippen LogP) is 5.59. The summed E-state index contributed by atoms with van der Waals surface area (Å²) in [6.07, 6.45) is 11.8. The Morgan fingerprint density at radius 1 is 1.00 bits per heavy atom. The molecular formula is C22H31NO. The van der Waals surface area contributed by atoms with E-state index in [1.54, 1.807) is 0 Å². The summed E-state index contributed by atoms with van der Waals surface area (Å²) in [5, 5.41) is 0. The Bertz CT molecular complexity index is 624. The maximum absolute atomic E-state index is 6.15. The molecule has 1 aromatic rings. The topological polar surface area (TPSA) is 21.3 Å². The van der Waals surface area contributed by atoms with Crippen LogP contribution in [0.4, 0.5) is 0 Å². The Kier molecular flexibility index (Phi) is 3.99. The van der Waals surface area contributed by atoms with E-state index in [0.717, 1.165) is 17.5 Å². The zero-order chi connectivity index (χ0) is 16.8. The van der Waals surface area contributed by atoms with Gasteiger partial charge in [-0.1, -0.05) is 70.7 Å². The van der Waals surface area contributed by atoms with Gasteiger partial charge in [-0.2, -0.15) is 0 Å². The second kappa shape index (κ2) is 5.91. The summed E-state index contributed by atoms with van der Waals surface area (Å²) in [6, 6.07) is 8.96. The molecular weight excluding hydrogens is 294 g/mol. The molecule has 0 radical (unpaired) electrons. The summed E-state index contributed by atoms with van der Waals surface area (Å²) in [6.45, 7) is 6.78. The molecule has 0 aromatic heterocycles. The van der Waals surface area contributed by atoms with E-state index in [1.807, 2.05) is 0 Å². The lowest BCUT2D eigenvalue weighted by Gasteiger charge is -2.42. The van der Waals surface area contributed by atoms with Crippen LogP contribution in [-0.2, 0) is 10.3 Å². The summed E-state index contributed by atoms with van der Waals surface area (Å²) in [7, 11) is 0. The summed E-state index contributed by atoms with van der Waals surface area (Å²) in [5.74, 6) is 1.82. The van der Waals surface area contributed by atoms with E-state index in [4.69, 9.17) is 4.84 Å². The third kappa shape index (κ3) is 3.01. The Hall–Kier alpha value is -1.28. The first kappa shape index (κ1) is 16.2. The Balaban J connectivity index is 1.52. The van der Waals surface area contributed by atoms with E-state index in [2.05, 4.69) is 56.6 Å². The first-order valence-electron chi connectivity index (χ1n) is 9.73. The number of fused-ring (bicyclic) bond motifs is 1. The molecule has 2 nitrogen and oxygen atoms in total. The van der Waals surface area contributed by atoms with Crippen LogP contribution in [0.2, 0.25) is 0 Å². The van der Waals surface area contributed by atoms with Gasteiger partial charge in [-0.25, -0.2) is 0 Å². The molecule has 0 bridgehead atoms. The van der Waals surface area contributed by atoms with E-state index >= 15 is 0 Å². The van der Waals surface area contributed by atoms with Crippen molar-refractivity contribution in [1.82, 2.24) is 5.48 Å². The highest BCUT2D eigenvalue weighted by atomic mass is 16.7. The molecule has 1 heterocycles. The van der Waals surface area contributed by atoms with Gasteiger partial charge >= 0.3 is 0 Å². The van der Waals surface area contributed by atoms with Gasteiger partial charge in [0.05, 0.1) is 5.70 Å². The van der Waals surface area contributed by atoms with Gasteiger partial charge in [0.15, 0.2) is 0 Å². The molecule has 1 aromatic carbocycles. The first-order valence-corrected chi connectivity index (χ1v) is 9.73. The van der Waals surface area contributed by atoms with Gasteiger partial charge < -0.3 is 0 Å². The SMILES string of the molecule is CC(C)(C)c1ccc(C2=CC3(CCC4CCCCC4C3)ON2)cc1. The molecule has 3 aliphatic rings. The molecule has 2 fully saturated rings. The first-order chi connectivity index (χ1) is 11.5. The highest BCUT2D eigenvalue weighted by Crippen LogP contribution is 2.48. The number of hydrogen-bond donors (Lipinski definition) is 1. The summed E-state index contributed by atoms with van der Waals surface area (Å²) in [4.78, 5) is 6.15.